The Kier molecular flexibility index (Phi) is 7.92. The lowest BCUT2D eigenvalue weighted by molar-refractivity contribution is 0.0972. The van der Waals surface area contributed by atoms with Crippen molar-refractivity contribution < 1.29 is 23.5 Å². The zero-order valence-corrected chi connectivity index (χ0v) is 23.0. The minimum Gasteiger partial charge on any atom is -0.495 e. The van der Waals surface area contributed by atoms with Gasteiger partial charge in [0.05, 0.1) is 29.9 Å². The standard InChI is InChI=1S/C25H19Br2N3O5S/c1-33-20-12-15(28-25(36)30-23(31)16-10-14(26)11-17(27)22(16)34-2)7-8-18(20)29-24(32)21-9-13-5-3-4-6-19(13)35-21/h3-12H,1-2H3,(H,29,32)(H2,28,30,31,36). The van der Waals surface area contributed by atoms with Crippen LogP contribution >= 0.6 is 44.1 Å². The fraction of sp³-hybridized carbons (Fsp3) is 0.0800. The smallest absolute Gasteiger partial charge is 0.291 e. The highest BCUT2D eigenvalue weighted by atomic mass is 79.9. The van der Waals surface area contributed by atoms with Gasteiger partial charge in [-0.15, -0.1) is 0 Å². The van der Waals surface area contributed by atoms with Crippen LogP contribution in [0.2, 0.25) is 0 Å². The molecule has 0 saturated carbocycles. The monoisotopic (exact) mass is 631 g/mol. The van der Waals surface area contributed by atoms with Crippen molar-refractivity contribution in [2.24, 2.45) is 0 Å². The fourth-order valence-electron chi connectivity index (χ4n) is 3.42. The van der Waals surface area contributed by atoms with Crippen LogP contribution in [0.1, 0.15) is 20.9 Å². The topological polar surface area (TPSA) is 102 Å². The van der Waals surface area contributed by atoms with Crippen LogP contribution in [-0.2, 0) is 0 Å². The van der Waals surface area contributed by atoms with Gasteiger partial charge in [-0.3, -0.25) is 14.9 Å². The minimum atomic E-state index is -0.451. The van der Waals surface area contributed by atoms with Crippen molar-refractivity contribution in [3.63, 3.8) is 0 Å². The van der Waals surface area contributed by atoms with Crippen LogP contribution in [0.5, 0.6) is 11.5 Å². The van der Waals surface area contributed by atoms with Crippen molar-refractivity contribution in [1.29, 1.82) is 0 Å². The van der Waals surface area contributed by atoms with Gasteiger partial charge in [-0.25, -0.2) is 0 Å². The molecular formula is C25H19Br2N3O5S. The van der Waals surface area contributed by atoms with Gasteiger partial charge in [0.2, 0.25) is 0 Å². The number of rotatable bonds is 6. The molecule has 0 aliphatic rings. The molecule has 0 unspecified atom stereocenters. The Morgan fingerprint density at radius 1 is 0.917 bits per heavy atom. The van der Waals surface area contributed by atoms with Crippen LogP contribution in [0.4, 0.5) is 11.4 Å². The van der Waals surface area contributed by atoms with E-state index in [0.29, 0.717) is 43.0 Å². The summed E-state index contributed by atoms with van der Waals surface area (Å²) in [6.07, 6.45) is 0. The number of fused-ring (bicyclic) bond motifs is 1. The molecule has 0 saturated heterocycles. The predicted octanol–water partition coefficient (Wildman–Crippen LogP) is 6.35. The number of ether oxygens (including phenoxy) is 2. The molecule has 0 bridgehead atoms. The highest BCUT2D eigenvalue weighted by Crippen LogP contribution is 2.33. The normalized spacial score (nSPS) is 10.6. The number of nitrogens with one attached hydrogen (secondary N) is 3. The molecule has 2 amide bonds. The molecule has 36 heavy (non-hydrogen) atoms. The Balaban J connectivity index is 1.45. The molecular weight excluding hydrogens is 614 g/mol. The predicted molar refractivity (Wildman–Crippen MR) is 149 cm³/mol. The molecule has 0 atom stereocenters. The van der Waals surface area contributed by atoms with E-state index in [1.165, 1.54) is 14.2 Å². The van der Waals surface area contributed by atoms with E-state index in [9.17, 15) is 9.59 Å². The van der Waals surface area contributed by atoms with Gasteiger partial charge < -0.3 is 24.5 Å². The first-order valence-electron chi connectivity index (χ1n) is 10.4. The molecule has 3 N–H and O–H groups in total. The Morgan fingerprint density at radius 3 is 2.42 bits per heavy atom. The molecule has 1 heterocycles. The maximum absolute atomic E-state index is 12.8. The van der Waals surface area contributed by atoms with E-state index in [-0.39, 0.29) is 10.9 Å². The van der Waals surface area contributed by atoms with Gasteiger partial charge in [0.15, 0.2) is 10.9 Å². The molecule has 0 spiro atoms. The van der Waals surface area contributed by atoms with Gasteiger partial charge >= 0.3 is 0 Å². The number of amides is 2. The van der Waals surface area contributed by atoms with Crippen LogP contribution in [0.25, 0.3) is 11.0 Å². The van der Waals surface area contributed by atoms with Crippen LogP contribution in [0.3, 0.4) is 0 Å². The number of thiocarbonyl (C=S) groups is 1. The van der Waals surface area contributed by atoms with Gasteiger partial charge in [0.1, 0.15) is 17.1 Å². The lowest BCUT2D eigenvalue weighted by atomic mass is 10.2. The maximum Gasteiger partial charge on any atom is 0.291 e. The Labute approximate surface area is 228 Å². The van der Waals surface area contributed by atoms with E-state index in [4.69, 9.17) is 26.1 Å². The van der Waals surface area contributed by atoms with Crippen LogP contribution in [-0.4, -0.2) is 31.1 Å². The molecule has 1 aromatic heterocycles. The first-order valence-corrected chi connectivity index (χ1v) is 12.4. The number of methoxy groups -OCH3 is 2. The average molecular weight is 633 g/mol. The minimum absolute atomic E-state index is 0.0688. The van der Waals surface area contributed by atoms with E-state index in [1.807, 2.05) is 18.2 Å². The molecule has 184 valence electrons. The van der Waals surface area contributed by atoms with Crippen LogP contribution in [0, 0.1) is 0 Å². The summed E-state index contributed by atoms with van der Waals surface area (Å²) in [6.45, 7) is 0. The lowest BCUT2D eigenvalue weighted by Gasteiger charge is -2.15. The fourth-order valence-corrected chi connectivity index (χ4v) is 5.02. The van der Waals surface area contributed by atoms with Gasteiger partial charge in [-0.2, -0.15) is 0 Å². The van der Waals surface area contributed by atoms with Gasteiger partial charge in [0.25, 0.3) is 11.8 Å². The second-order valence-corrected chi connectivity index (χ2v) is 9.57. The summed E-state index contributed by atoms with van der Waals surface area (Å²) in [5.74, 6) is 0.0787. The average Bonchev–Trinajstić information content (AvgIpc) is 3.29. The number of hydrogen-bond donors (Lipinski definition) is 3. The third-order valence-corrected chi connectivity index (χ3v) is 6.29. The molecule has 0 aliphatic carbocycles. The summed E-state index contributed by atoms with van der Waals surface area (Å²) in [6, 6.07) is 17.4. The number of furan rings is 1. The quantitative estimate of drug-likeness (QED) is 0.213. The summed E-state index contributed by atoms with van der Waals surface area (Å²) in [5.41, 5.74) is 1.90. The number of carbonyl (C=O) groups excluding carboxylic acids is 2. The van der Waals surface area contributed by atoms with Crippen molar-refractivity contribution in [2.45, 2.75) is 0 Å². The summed E-state index contributed by atoms with van der Waals surface area (Å²) < 4.78 is 17.7. The molecule has 0 radical (unpaired) electrons. The van der Waals surface area contributed by atoms with Crippen molar-refractivity contribution in [3.8, 4) is 11.5 Å². The summed E-state index contributed by atoms with van der Waals surface area (Å²) in [7, 11) is 2.95. The van der Waals surface area contributed by atoms with Crippen LogP contribution in [0.15, 0.2) is 74.0 Å². The molecule has 0 aliphatic heterocycles. The number of benzene rings is 3. The molecule has 3 aromatic carbocycles. The second-order valence-electron chi connectivity index (χ2n) is 7.39. The number of anilines is 2. The summed E-state index contributed by atoms with van der Waals surface area (Å²) in [4.78, 5) is 25.5. The van der Waals surface area contributed by atoms with Gasteiger partial charge in [-0.1, -0.05) is 34.1 Å². The van der Waals surface area contributed by atoms with Crippen molar-refractivity contribution in [2.75, 3.05) is 24.9 Å². The lowest BCUT2D eigenvalue weighted by Crippen LogP contribution is -2.34. The molecule has 8 nitrogen and oxygen atoms in total. The van der Waals surface area contributed by atoms with E-state index < -0.39 is 11.8 Å². The first kappa shape index (κ1) is 25.7. The highest BCUT2D eigenvalue weighted by Gasteiger charge is 2.18. The molecule has 11 heteroatoms. The molecule has 4 aromatic rings. The van der Waals surface area contributed by atoms with Crippen molar-refractivity contribution in [3.05, 3.63) is 80.9 Å². The Hall–Kier alpha value is -3.41. The summed E-state index contributed by atoms with van der Waals surface area (Å²) in [5, 5.41) is 9.25. The van der Waals surface area contributed by atoms with Gasteiger partial charge in [0, 0.05) is 21.6 Å². The van der Waals surface area contributed by atoms with E-state index in [2.05, 4.69) is 47.8 Å². The zero-order valence-electron chi connectivity index (χ0n) is 19.0. The Bertz CT molecular complexity index is 1460. The number of para-hydroxylation sites is 1. The number of hydrogen-bond acceptors (Lipinski definition) is 6. The largest absolute Gasteiger partial charge is 0.495 e. The number of carbonyl (C=O) groups is 2. The second kappa shape index (κ2) is 11.1. The number of halogens is 2. The van der Waals surface area contributed by atoms with E-state index >= 15 is 0 Å². The maximum atomic E-state index is 12.8. The van der Waals surface area contributed by atoms with Gasteiger partial charge in [-0.05, 0) is 64.5 Å². The SMILES string of the molecule is COc1cc(NC(=S)NC(=O)c2cc(Br)cc(Br)c2OC)ccc1NC(=O)c1cc2ccccc2o1. The van der Waals surface area contributed by atoms with Crippen molar-refractivity contribution in [1.82, 2.24) is 5.32 Å². The first-order chi connectivity index (χ1) is 17.3. The van der Waals surface area contributed by atoms with Crippen LogP contribution < -0.4 is 25.4 Å². The molecule has 0 fully saturated rings. The third-order valence-electron chi connectivity index (χ3n) is 5.04. The summed E-state index contributed by atoms with van der Waals surface area (Å²) >= 11 is 12.0. The zero-order chi connectivity index (χ0) is 25.8. The van der Waals surface area contributed by atoms with E-state index in [0.717, 1.165) is 5.39 Å². The molecule has 4 rings (SSSR count). The highest BCUT2D eigenvalue weighted by molar-refractivity contribution is 9.11. The third kappa shape index (κ3) is 5.69. The van der Waals surface area contributed by atoms with E-state index in [1.54, 1.807) is 42.5 Å². The Morgan fingerprint density at radius 2 is 1.69 bits per heavy atom. The van der Waals surface area contributed by atoms with Crippen molar-refractivity contribution >= 4 is 83.3 Å².